The van der Waals surface area contributed by atoms with Crippen molar-refractivity contribution in [1.82, 2.24) is 4.90 Å². The Morgan fingerprint density at radius 2 is 2.10 bits per heavy atom. The highest BCUT2D eigenvalue weighted by atomic mass is 35.5. The summed E-state index contributed by atoms with van der Waals surface area (Å²) in [6, 6.07) is 5.21. The van der Waals surface area contributed by atoms with Crippen LogP contribution < -0.4 is 11.3 Å². The van der Waals surface area contributed by atoms with E-state index in [1.165, 1.54) is 0 Å². The predicted octanol–water partition coefficient (Wildman–Crippen LogP) is 2.90. The summed E-state index contributed by atoms with van der Waals surface area (Å²) in [7, 11) is 1.63. The highest BCUT2D eigenvalue weighted by molar-refractivity contribution is 6.31. The summed E-state index contributed by atoms with van der Waals surface area (Å²) in [5, 5.41) is 0.508. The molecule has 0 saturated carbocycles. The van der Waals surface area contributed by atoms with Gasteiger partial charge >= 0.3 is 0 Å². The Balaban J connectivity index is 3.11. The van der Waals surface area contributed by atoms with Crippen molar-refractivity contribution in [1.29, 1.82) is 0 Å². The van der Waals surface area contributed by atoms with Crippen LogP contribution in [0.1, 0.15) is 37.0 Å². The number of nitrogens with two attached hydrogens (primary N) is 1. The first-order valence-electron chi connectivity index (χ1n) is 7.15. The van der Waals surface area contributed by atoms with E-state index < -0.39 is 0 Å². The number of carbonyl (C=O) groups is 1. The Morgan fingerprint density at radius 3 is 2.62 bits per heavy atom. The van der Waals surface area contributed by atoms with Crippen molar-refractivity contribution in [2.45, 2.75) is 32.7 Å². The summed E-state index contributed by atoms with van der Waals surface area (Å²) >= 11 is 6.01. The molecule has 0 heterocycles. The number of hydrogen-bond acceptors (Lipinski definition) is 4. The Labute approximate surface area is 131 Å². The molecule has 0 saturated heterocycles. The SMILES string of the molecule is CCC(CC)N(CCOC)C(=O)c1cc(Cl)ccc1NN. The van der Waals surface area contributed by atoms with E-state index >= 15 is 0 Å². The van der Waals surface area contributed by atoms with Crippen molar-refractivity contribution in [3.63, 3.8) is 0 Å². The van der Waals surface area contributed by atoms with E-state index in [4.69, 9.17) is 22.2 Å². The summed E-state index contributed by atoms with van der Waals surface area (Å²) < 4.78 is 5.12. The second-order valence-electron chi connectivity index (χ2n) is 4.80. The molecule has 1 aromatic rings. The molecule has 1 aromatic carbocycles. The van der Waals surface area contributed by atoms with Gasteiger partial charge in [-0.3, -0.25) is 10.6 Å². The molecule has 0 aliphatic rings. The van der Waals surface area contributed by atoms with Crippen LogP contribution in [0.25, 0.3) is 0 Å². The van der Waals surface area contributed by atoms with Gasteiger partial charge in [0, 0.05) is 24.7 Å². The number of methoxy groups -OCH3 is 1. The lowest BCUT2D eigenvalue weighted by molar-refractivity contribution is 0.0590. The maximum atomic E-state index is 12.9. The molecule has 5 nitrogen and oxygen atoms in total. The van der Waals surface area contributed by atoms with E-state index in [2.05, 4.69) is 19.3 Å². The van der Waals surface area contributed by atoms with Crippen molar-refractivity contribution in [3.8, 4) is 0 Å². The number of benzene rings is 1. The van der Waals surface area contributed by atoms with Gasteiger partial charge in [-0.2, -0.15) is 0 Å². The summed E-state index contributed by atoms with van der Waals surface area (Å²) in [5.74, 6) is 5.40. The van der Waals surface area contributed by atoms with Gasteiger partial charge in [-0.15, -0.1) is 0 Å². The molecule has 3 N–H and O–H groups in total. The number of hydrogen-bond donors (Lipinski definition) is 2. The van der Waals surface area contributed by atoms with Crippen LogP contribution in [0.3, 0.4) is 0 Å². The zero-order valence-corrected chi connectivity index (χ0v) is 13.6. The fraction of sp³-hybridized carbons (Fsp3) is 0.533. The fourth-order valence-electron chi connectivity index (χ4n) is 2.34. The number of nitrogen functional groups attached to an aromatic ring is 1. The Morgan fingerprint density at radius 1 is 1.43 bits per heavy atom. The molecule has 0 aliphatic heterocycles. The maximum Gasteiger partial charge on any atom is 0.256 e. The van der Waals surface area contributed by atoms with Crippen molar-refractivity contribution in [3.05, 3.63) is 28.8 Å². The molecular weight excluding hydrogens is 290 g/mol. The molecule has 0 aromatic heterocycles. The molecule has 0 radical (unpaired) electrons. The molecular formula is C15H24ClN3O2. The minimum atomic E-state index is -0.0869. The third-order valence-electron chi connectivity index (χ3n) is 3.55. The number of hydrazine groups is 1. The monoisotopic (exact) mass is 313 g/mol. The van der Waals surface area contributed by atoms with Gasteiger partial charge in [0.2, 0.25) is 0 Å². The third-order valence-corrected chi connectivity index (χ3v) is 3.78. The van der Waals surface area contributed by atoms with Crippen molar-refractivity contribution in [2.24, 2.45) is 5.84 Å². The zero-order valence-electron chi connectivity index (χ0n) is 12.9. The molecule has 0 unspecified atom stereocenters. The molecule has 0 spiro atoms. The zero-order chi connectivity index (χ0) is 15.8. The average Bonchev–Trinajstić information content (AvgIpc) is 2.50. The van der Waals surface area contributed by atoms with E-state index in [1.807, 2.05) is 4.90 Å². The third kappa shape index (κ3) is 4.59. The fourth-order valence-corrected chi connectivity index (χ4v) is 2.52. The normalized spacial score (nSPS) is 10.8. The molecule has 0 atom stereocenters. The minimum Gasteiger partial charge on any atom is -0.383 e. The van der Waals surface area contributed by atoms with Gasteiger partial charge in [0.05, 0.1) is 17.9 Å². The summed E-state index contributed by atoms with van der Waals surface area (Å²) in [5.41, 5.74) is 3.60. The van der Waals surface area contributed by atoms with Gasteiger partial charge in [-0.1, -0.05) is 25.4 Å². The van der Waals surface area contributed by atoms with Crippen molar-refractivity contribution >= 4 is 23.2 Å². The van der Waals surface area contributed by atoms with Gasteiger partial charge in [0.25, 0.3) is 5.91 Å². The van der Waals surface area contributed by atoms with Crippen LogP contribution in [0.4, 0.5) is 5.69 Å². The van der Waals surface area contributed by atoms with Gasteiger partial charge < -0.3 is 15.1 Å². The average molecular weight is 314 g/mol. The number of carbonyl (C=O) groups excluding carboxylic acids is 1. The minimum absolute atomic E-state index is 0.0869. The van der Waals surface area contributed by atoms with Gasteiger partial charge in [-0.25, -0.2) is 0 Å². The molecule has 0 fully saturated rings. The Hall–Kier alpha value is -1.30. The Bertz CT molecular complexity index is 464. The lowest BCUT2D eigenvalue weighted by Crippen LogP contribution is -2.42. The largest absolute Gasteiger partial charge is 0.383 e. The molecule has 0 bridgehead atoms. The number of halogens is 1. The predicted molar refractivity (Wildman–Crippen MR) is 86.5 cm³/mol. The highest BCUT2D eigenvalue weighted by Crippen LogP contribution is 2.23. The van der Waals surface area contributed by atoms with Crippen molar-refractivity contribution < 1.29 is 9.53 Å². The standard InChI is InChI=1S/C15H24ClN3O2/c1-4-12(5-2)19(8-9-21-3)15(20)13-10-11(16)6-7-14(13)18-17/h6-7,10,12,18H,4-5,8-9,17H2,1-3H3. The number of nitrogens with one attached hydrogen (secondary N) is 1. The first-order valence-corrected chi connectivity index (χ1v) is 7.52. The maximum absolute atomic E-state index is 12.9. The van der Waals surface area contributed by atoms with Crippen LogP contribution in [0, 0.1) is 0 Å². The Kier molecular flexibility index (Phi) is 7.50. The van der Waals surface area contributed by atoms with Crippen LogP contribution in [0.2, 0.25) is 5.02 Å². The quantitative estimate of drug-likeness (QED) is 0.572. The van der Waals surface area contributed by atoms with Crippen LogP contribution in [0.15, 0.2) is 18.2 Å². The molecule has 21 heavy (non-hydrogen) atoms. The van der Waals surface area contributed by atoms with E-state index in [-0.39, 0.29) is 11.9 Å². The number of amides is 1. The second-order valence-corrected chi connectivity index (χ2v) is 5.23. The van der Waals surface area contributed by atoms with Gasteiger partial charge in [0.1, 0.15) is 0 Å². The first kappa shape index (κ1) is 17.8. The summed E-state index contributed by atoms with van der Waals surface area (Å²) in [4.78, 5) is 14.7. The highest BCUT2D eigenvalue weighted by Gasteiger charge is 2.24. The number of ether oxygens (including phenoxy) is 1. The van der Waals surface area contributed by atoms with Crippen LogP contribution in [-0.2, 0) is 4.74 Å². The van der Waals surface area contributed by atoms with Gasteiger partial charge in [0.15, 0.2) is 0 Å². The lowest BCUT2D eigenvalue weighted by atomic mass is 10.1. The summed E-state index contributed by atoms with van der Waals surface area (Å²) in [6.07, 6.45) is 1.77. The smallest absolute Gasteiger partial charge is 0.256 e. The first-order chi connectivity index (χ1) is 10.1. The van der Waals surface area contributed by atoms with Crippen molar-refractivity contribution in [2.75, 3.05) is 25.7 Å². The number of anilines is 1. The molecule has 1 amide bonds. The molecule has 0 aliphatic carbocycles. The van der Waals surface area contributed by atoms with Gasteiger partial charge in [-0.05, 0) is 31.0 Å². The molecule has 1 rings (SSSR count). The summed E-state index contributed by atoms with van der Waals surface area (Å²) in [6.45, 7) is 5.18. The second kappa shape index (κ2) is 8.87. The topological polar surface area (TPSA) is 67.6 Å². The van der Waals surface area contributed by atoms with E-state index in [9.17, 15) is 4.79 Å². The van der Waals surface area contributed by atoms with Crippen LogP contribution in [-0.4, -0.2) is 37.1 Å². The van der Waals surface area contributed by atoms with E-state index in [0.29, 0.717) is 29.4 Å². The van der Waals surface area contributed by atoms with Crippen LogP contribution >= 0.6 is 11.6 Å². The number of nitrogens with zero attached hydrogens (tertiary/aromatic N) is 1. The van der Waals surface area contributed by atoms with E-state index in [1.54, 1.807) is 25.3 Å². The molecule has 118 valence electrons. The van der Waals surface area contributed by atoms with E-state index in [0.717, 1.165) is 12.8 Å². The number of rotatable bonds is 8. The molecule has 6 heteroatoms. The van der Waals surface area contributed by atoms with Crippen LogP contribution in [0.5, 0.6) is 0 Å². The lowest BCUT2D eigenvalue weighted by Gasteiger charge is -2.31.